The van der Waals surface area contributed by atoms with Crippen molar-refractivity contribution in [1.82, 2.24) is 10.2 Å². The normalized spacial score (nSPS) is 13.7. The Labute approximate surface area is 211 Å². The molecule has 0 fully saturated rings. The highest BCUT2D eigenvalue weighted by Crippen LogP contribution is 2.33. The van der Waals surface area contributed by atoms with Gasteiger partial charge in [0.15, 0.2) is 0 Å². The first-order valence-corrected chi connectivity index (χ1v) is 12.5. The number of hydrogen-bond donors (Lipinski definition) is 1. The second-order valence-electron chi connectivity index (χ2n) is 10.3. The van der Waals surface area contributed by atoms with Gasteiger partial charge in [0, 0.05) is 5.54 Å². The van der Waals surface area contributed by atoms with Crippen LogP contribution in [0, 0.1) is 5.41 Å². The minimum Gasteiger partial charge on any atom is -0.463 e. The lowest BCUT2D eigenvalue weighted by Gasteiger charge is -2.35. The van der Waals surface area contributed by atoms with Crippen molar-refractivity contribution in [3.8, 4) is 0 Å². The average molecular weight is 489 g/mol. The van der Waals surface area contributed by atoms with Crippen LogP contribution in [0.3, 0.4) is 0 Å². The summed E-state index contributed by atoms with van der Waals surface area (Å²) in [6.07, 6.45) is 0.661. The molecule has 0 aliphatic carbocycles. The zero-order valence-corrected chi connectivity index (χ0v) is 23.0. The number of rotatable bonds is 12. The van der Waals surface area contributed by atoms with E-state index in [0.29, 0.717) is 19.5 Å². The summed E-state index contributed by atoms with van der Waals surface area (Å²) in [4.78, 5) is 42.5. The van der Waals surface area contributed by atoms with Crippen molar-refractivity contribution in [2.45, 2.75) is 80.3 Å². The van der Waals surface area contributed by atoms with E-state index in [4.69, 9.17) is 9.47 Å². The highest BCUT2D eigenvalue weighted by Gasteiger charge is 2.39. The third kappa shape index (κ3) is 9.13. The standard InChI is InChI=1S/C28H44N2O5/c1-10-30(11-2)23(20-17-15-14-16-18-20)21(25(32)34-12-3)22(26(33)35-13-4)24(31)29-28(8,9)19-27(5,6)7/h14-18,23H,10-13,19H2,1-9H3,(H,29,31)/b22-21-. The monoisotopic (exact) mass is 488 g/mol. The molecule has 1 aromatic carbocycles. The Kier molecular flexibility index (Phi) is 11.6. The van der Waals surface area contributed by atoms with Crippen LogP contribution >= 0.6 is 0 Å². The zero-order valence-electron chi connectivity index (χ0n) is 23.0. The van der Waals surface area contributed by atoms with Gasteiger partial charge in [-0.05, 0) is 58.2 Å². The van der Waals surface area contributed by atoms with E-state index in [-0.39, 0.29) is 29.8 Å². The molecule has 1 amide bonds. The van der Waals surface area contributed by atoms with E-state index in [1.54, 1.807) is 13.8 Å². The lowest BCUT2D eigenvalue weighted by molar-refractivity contribution is -0.144. The molecule has 0 spiro atoms. The third-order valence-electron chi connectivity index (χ3n) is 5.46. The van der Waals surface area contributed by atoms with Gasteiger partial charge >= 0.3 is 11.9 Å². The van der Waals surface area contributed by atoms with E-state index in [9.17, 15) is 14.4 Å². The van der Waals surface area contributed by atoms with E-state index in [0.717, 1.165) is 5.56 Å². The number of nitrogens with one attached hydrogen (secondary N) is 1. The van der Waals surface area contributed by atoms with Crippen LogP contribution < -0.4 is 5.32 Å². The summed E-state index contributed by atoms with van der Waals surface area (Å²) in [5, 5.41) is 2.99. The maximum Gasteiger partial charge on any atom is 0.344 e. The molecule has 0 aliphatic heterocycles. The molecule has 1 aromatic rings. The summed E-state index contributed by atoms with van der Waals surface area (Å²) in [6, 6.07) is 8.71. The van der Waals surface area contributed by atoms with Gasteiger partial charge in [0.25, 0.3) is 5.91 Å². The maximum atomic E-state index is 13.8. The quantitative estimate of drug-likeness (QED) is 0.196. The van der Waals surface area contributed by atoms with E-state index in [1.165, 1.54) is 0 Å². The number of ether oxygens (including phenoxy) is 2. The molecule has 1 atom stereocenters. The number of hydrogen-bond acceptors (Lipinski definition) is 6. The van der Waals surface area contributed by atoms with Crippen molar-refractivity contribution < 1.29 is 23.9 Å². The van der Waals surface area contributed by atoms with E-state index >= 15 is 0 Å². The Balaban J connectivity index is 3.89. The average Bonchev–Trinajstić information content (AvgIpc) is 2.74. The van der Waals surface area contributed by atoms with Gasteiger partial charge in [0.05, 0.1) is 24.8 Å². The summed E-state index contributed by atoms with van der Waals surface area (Å²) in [5.41, 5.74) is -0.243. The van der Waals surface area contributed by atoms with Crippen LogP contribution in [0.15, 0.2) is 41.5 Å². The minimum atomic E-state index is -0.840. The Bertz CT molecular complexity index is 880. The number of carbonyl (C=O) groups is 3. The van der Waals surface area contributed by atoms with Crippen molar-refractivity contribution >= 4 is 17.8 Å². The molecular formula is C28H44N2O5. The van der Waals surface area contributed by atoms with Crippen molar-refractivity contribution in [3.63, 3.8) is 0 Å². The SMILES string of the molecule is CCOC(=O)/C(C(=O)NC(C)(C)CC(C)(C)C)=C(\C(=O)OCC)C(c1ccccc1)N(CC)CC. The summed E-state index contributed by atoms with van der Waals surface area (Å²) >= 11 is 0. The molecular weight excluding hydrogens is 444 g/mol. The number of amides is 1. The van der Waals surface area contributed by atoms with Gasteiger partial charge in [-0.1, -0.05) is 65.0 Å². The molecule has 0 saturated heterocycles. The largest absolute Gasteiger partial charge is 0.463 e. The van der Waals surface area contributed by atoms with E-state index < -0.39 is 29.4 Å². The Morgan fingerprint density at radius 3 is 1.83 bits per heavy atom. The second kappa shape index (κ2) is 13.4. The van der Waals surface area contributed by atoms with Gasteiger partial charge in [0.1, 0.15) is 5.57 Å². The van der Waals surface area contributed by atoms with Crippen LogP contribution in [0.25, 0.3) is 0 Å². The van der Waals surface area contributed by atoms with Crippen LogP contribution in [-0.4, -0.2) is 54.6 Å². The molecule has 1 N–H and O–H groups in total. The molecule has 7 heteroatoms. The van der Waals surface area contributed by atoms with Crippen molar-refractivity contribution in [1.29, 1.82) is 0 Å². The highest BCUT2D eigenvalue weighted by molar-refractivity contribution is 6.21. The van der Waals surface area contributed by atoms with Gasteiger partial charge in [-0.3, -0.25) is 9.69 Å². The Morgan fingerprint density at radius 1 is 0.857 bits per heavy atom. The Morgan fingerprint density at radius 2 is 1.37 bits per heavy atom. The summed E-state index contributed by atoms with van der Waals surface area (Å²) < 4.78 is 10.7. The molecule has 7 nitrogen and oxygen atoms in total. The maximum absolute atomic E-state index is 13.8. The van der Waals surface area contributed by atoms with Crippen LogP contribution in [0.4, 0.5) is 0 Å². The van der Waals surface area contributed by atoms with E-state index in [1.807, 2.05) is 62.9 Å². The van der Waals surface area contributed by atoms with Crippen molar-refractivity contribution in [2.75, 3.05) is 26.3 Å². The van der Waals surface area contributed by atoms with Gasteiger partial charge in [-0.15, -0.1) is 0 Å². The van der Waals surface area contributed by atoms with Crippen molar-refractivity contribution in [2.24, 2.45) is 5.41 Å². The first kappa shape index (κ1) is 30.4. The summed E-state index contributed by atoms with van der Waals surface area (Å²) in [5.74, 6) is -2.19. The molecule has 0 bridgehead atoms. The minimum absolute atomic E-state index is 0.00995. The predicted octanol–water partition coefficient (Wildman–Crippen LogP) is 4.82. The number of benzene rings is 1. The van der Waals surface area contributed by atoms with Crippen LogP contribution in [0.5, 0.6) is 0 Å². The number of carbonyl (C=O) groups excluding carboxylic acids is 3. The summed E-state index contributed by atoms with van der Waals surface area (Å²) in [6.45, 7) is 18.7. The fraction of sp³-hybridized carbons (Fsp3) is 0.607. The van der Waals surface area contributed by atoms with Gasteiger partial charge < -0.3 is 14.8 Å². The molecule has 0 saturated carbocycles. The zero-order chi connectivity index (χ0) is 26.8. The lowest BCUT2D eigenvalue weighted by Crippen LogP contribution is -2.48. The summed E-state index contributed by atoms with van der Waals surface area (Å²) in [7, 11) is 0. The fourth-order valence-electron chi connectivity index (χ4n) is 4.61. The Hall–Kier alpha value is -2.67. The van der Waals surface area contributed by atoms with Gasteiger partial charge in [-0.2, -0.15) is 0 Å². The molecule has 1 unspecified atom stereocenters. The molecule has 0 heterocycles. The predicted molar refractivity (Wildman–Crippen MR) is 139 cm³/mol. The second-order valence-corrected chi connectivity index (χ2v) is 10.3. The topological polar surface area (TPSA) is 84.9 Å². The first-order chi connectivity index (χ1) is 16.3. The molecule has 1 rings (SSSR count). The van der Waals surface area contributed by atoms with Crippen LogP contribution in [-0.2, 0) is 23.9 Å². The number of esters is 2. The smallest absolute Gasteiger partial charge is 0.344 e. The number of likely N-dealkylation sites (N-methyl/N-ethyl adjacent to an activating group) is 1. The molecule has 35 heavy (non-hydrogen) atoms. The highest BCUT2D eigenvalue weighted by atomic mass is 16.5. The van der Waals surface area contributed by atoms with Crippen LogP contribution in [0.1, 0.15) is 80.3 Å². The van der Waals surface area contributed by atoms with Gasteiger partial charge in [-0.25, -0.2) is 9.59 Å². The molecule has 0 aliphatic rings. The molecule has 0 aromatic heterocycles. The van der Waals surface area contributed by atoms with Crippen molar-refractivity contribution in [3.05, 3.63) is 47.0 Å². The van der Waals surface area contributed by atoms with Gasteiger partial charge in [0.2, 0.25) is 0 Å². The first-order valence-electron chi connectivity index (χ1n) is 12.5. The molecule has 0 radical (unpaired) electrons. The molecule has 196 valence electrons. The van der Waals surface area contributed by atoms with Crippen LogP contribution in [0.2, 0.25) is 0 Å². The number of nitrogens with zero attached hydrogens (tertiary/aromatic N) is 1. The fourth-order valence-corrected chi connectivity index (χ4v) is 4.61. The lowest BCUT2D eigenvalue weighted by atomic mass is 9.81. The third-order valence-corrected chi connectivity index (χ3v) is 5.46. The van der Waals surface area contributed by atoms with E-state index in [2.05, 4.69) is 26.1 Å².